The summed E-state index contributed by atoms with van der Waals surface area (Å²) in [6.45, 7) is 4.87. The SMILES string of the molecule is CC1CN(S(=O)(=O)c2ccc(F)c(C(N)=S)c2)CC(C)S1. The number of thioether (sulfide) groups is 1. The predicted molar refractivity (Wildman–Crippen MR) is 87.6 cm³/mol. The van der Waals surface area contributed by atoms with Crippen LogP contribution in [0.4, 0.5) is 4.39 Å². The van der Waals surface area contributed by atoms with E-state index in [0.29, 0.717) is 13.1 Å². The molecule has 0 saturated carbocycles. The number of nitrogens with two attached hydrogens (primary N) is 1. The Morgan fingerprint density at radius 1 is 1.38 bits per heavy atom. The maximum atomic E-state index is 13.6. The summed E-state index contributed by atoms with van der Waals surface area (Å²) in [7, 11) is -3.66. The number of hydrogen-bond donors (Lipinski definition) is 1. The highest BCUT2D eigenvalue weighted by Gasteiger charge is 2.32. The van der Waals surface area contributed by atoms with E-state index in [2.05, 4.69) is 0 Å². The molecule has 1 fully saturated rings. The van der Waals surface area contributed by atoms with Crippen LogP contribution in [0.25, 0.3) is 0 Å². The average Bonchev–Trinajstić information content (AvgIpc) is 2.37. The lowest BCUT2D eigenvalue weighted by atomic mass is 10.2. The van der Waals surface area contributed by atoms with E-state index < -0.39 is 15.8 Å². The van der Waals surface area contributed by atoms with Gasteiger partial charge < -0.3 is 5.73 Å². The minimum atomic E-state index is -3.66. The van der Waals surface area contributed by atoms with Crippen molar-refractivity contribution in [2.75, 3.05) is 13.1 Å². The minimum Gasteiger partial charge on any atom is -0.389 e. The summed E-state index contributed by atoms with van der Waals surface area (Å²) >= 11 is 6.51. The molecular formula is C13H17FN2O2S3. The number of halogens is 1. The summed E-state index contributed by atoms with van der Waals surface area (Å²) < 4.78 is 40.4. The second-order valence-electron chi connectivity index (χ2n) is 5.09. The maximum absolute atomic E-state index is 13.6. The van der Waals surface area contributed by atoms with Gasteiger partial charge in [-0.1, -0.05) is 26.1 Å². The topological polar surface area (TPSA) is 63.4 Å². The van der Waals surface area contributed by atoms with Crippen LogP contribution >= 0.6 is 24.0 Å². The molecule has 0 aromatic heterocycles. The number of sulfonamides is 1. The molecule has 21 heavy (non-hydrogen) atoms. The number of rotatable bonds is 3. The van der Waals surface area contributed by atoms with Gasteiger partial charge in [0.2, 0.25) is 10.0 Å². The van der Waals surface area contributed by atoms with Crippen molar-refractivity contribution in [1.82, 2.24) is 4.31 Å². The van der Waals surface area contributed by atoms with E-state index in [4.69, 9.17) is 18.0 Å². The largest absolute Gasteiger partial charge is 0.389 e. The first-order valence-electron chi connectivity index (χ1n) is 6.46. The highest BCUT2D eigenvalue weighted by atomic mass is 32.2. The fourth-order valence-electron chi connectivity index (χ4n) is 2.33. The normalized spacial score (nSPS) is 24.0. The van der Waals surface area contributed by atoms with E-state index >= 15 is 0 Å². The molecule has 2 atom stereocenters. The van der Waals surface area contributed by atoms with Crippen LogP contribution < -0.4 is 5.73 Å². The molecule has 1 saturated heterocycles. The molecule has 0 amide bonds. The quantitative estimate of drug-likeness (QED) is 0.846. The lowest BCUT2D eigenvalue weighted by molar-refractivity contribution is 0.404. The lowest BCUT2D eigenvalue weighted by Crippen LogP contribution is -2.44. The molecule has 0 spiro atoms. The van der Waals surface area contributed by atoms with E-state index in [-0.39, 0.29) is 25.9 Å². The second-order valence-corrected chi connectivity index (χ2v) is 9.34. The van der Waals surface area contributed by atoms with Gasteiger partial charge in [-0.3, -0.25) is 0 Å². The molecule has 0 bridgehead atoms. The van der Waals surface area contributed by atoms with E-state index in [0.717, 1.165) is 6.07 Å². The van der Waals surface area contributed by atoms with Crippen molar-refractivity contribution in [1.29, 1.82) is 0 Å². The second kappa shape index (κ2) is 6.20. The van der Waals surface area contributed by atoms with E-state index in [1.807, 2.05) is 13.8 Å². The van der Waals surface area contributed by atoms with Gasteiger partial charge in [-0.25, -0.2) is 12.8 Å². The maximum Gasteiger partial charge on any atom is 0.243 e. The van der Waals surface area contributed by atoms with Crippen LogP contribution in [0, 0.1) is 5.82 Å². The van der Waals surface area contributed by atoms with Crippen LogP contribution in [0.3, 0.4) is 0 Å². The number of benzene rings is 1. The predicted octanol–water partition coefficient (Wildman–Crippen LogP) is 1.97. The molecule has 116 valence electrons. The van der Waals surface area contributed by atoms with Crippen LogP contribution in [0.15, 0.2) is 23.1 Å². The van der Waals surface area contributed by atoms with Crippen molar-refractivity contribution in [2.24, 2.45) is 5.73 Å². The van der Waals surface area contributed by atoms with Crippen LogP contribution in [-0.4, -0.2) is 41.3 Å². The fourth-order valence-corrected chi connectivity index (χ4v) is 5.64. The Bertz CT molecular complexity index is 653. The molecule has 4 nitrogen and oxygen atoms in total. The highest BCUT2D eigenvalue weighted by molar-refractivity contribution is 8.00. The van der Waals surface area contributed by atoms with E-state index in [1.165, 1.54) is 16.4 Å². The van der Waals surface area contributed by atoms with Crippen molar-refractivity contribution < 1.29 is 12.8 Å². The third kappa shape index (κ3) is 3.56. The molecule has 2 N–H and O–H groups in total. The van der Waals surface area contributed by atoms with Crippen LogP contribution in [0.1, 0.15) is 19.4 Å². The first-order chi connectivity index (χ1) is 9.71. The van der Waals surface area contributed by atoms with Crippen LogP contribution in [0.5, 0.6) is 0 Å². The third-order valence-electron chi connectivity index (χ3n) is 3.23. The summed E-state index contributed by atoms with van der Waals surface area (Å²) in [6, 6.07) is 3.56. The van der Waals surface area contributed by atoms with Crippen molar-refractivity contribution in [3.63, 3.8) is 0 Å². The molecule has 1 aliphatic heterocycles. The van der Waals surface area contributed by atoms with Gasteiger partial charge in [-0.15, -0.1) is 0 Å². The first kappa shape index (κ1) is 16.7. The van der Waals surface area contributed by atoms with Crippen molar-refractivity contribution in [3.8, 4) is 0 Å². The molecule has 1 heterocycles. The number of thiocarbonyl (C=S) groups is 1. The Labute approximate surface area is 133 Å². The molecule has 0 radical (unpaired) electrons. The molecule has 8 heteroatoms. The average molecular weight is 348 g/mol. The molecule has 2 unspecified atom stereocenters. The number of hydrogen-bond acceptors (Lipinski definition) is 4. The molecule has 1 aromatic rings. The lowest BCUT2D eigenvalue weighted by Gasteiger charge is -2.33. The molecule has 2 rings (SSSR count). The van der Waals surface area contributed by atoms with Crippen LogP contribution in [-0.2, 0) is 10.0 Å². The first-order valence-corrected chi connectivity index (χ1v) is 9.26. The van der Waals surface area contributed by atoms with Gasteiger partial charge in [0.25, 0.3) is 0 Å². The zero-order chi connectivity index (χ0) is 15.8. The highest BCUT2D eigenvalue weighted by Crippen LogP contribution is 2.29. The summed E-state index contributed by atoms with van der Waals surface area (Å²) in [6.07, 6.45) is 0. The fraction of sp³-hybridized carbons (Fsp3) is 0.462. The molecule has 0 aliphatic carbocycles. The van der Waals surface area contributed by atoms with Gasteiger partial charge in [0.05, 0.1) is 4.90 Å². The van der Waals surface area contributed by atoms with E-state index in [9.17, 15) is 12.8 Å². The third-order valence-corrected chi connectivity index (χ3v) is 6.50. The Balaban J connectivity index is 2.40. The monoisotopic (exact) mass is 348 g/mol. The summed E-state index contributed by atoms with van der Waals surface area (Å²) in [5.74, 6) is -0.614. The van der Waals surface area contributed by atoms with Crippen molar-refractivity contribution in [3.05, 3.63) is 29.6 Å². The Kier molecular flexibility index (Phi) is 4.92. The van der Waals surface area contributed by atoms with Gasteiger partial charge >= 0.3 is 0 Å². The standard InChI is InChI=1S/C13H17FN2O2S3/c1-8-6-16(7-9(2)20-8)21(17,18)10-3-4-12(14)11(5-10)13(15)19/h3-5,8-9H,6-7H2,1-2H3,(H2,15,19). The molecule has 1 aromatic carbocycles. The van der Waals surface area contributed by atoms with Crippen LogP contribution in [0.2, 0.25) is 0 Å². The Morgan fingerprint density at radius 2 is 1.95 bits per heavy atom. The zero-order valence-electron chi connectivity index (χ0n) is 11.7. The van der Waals surface area contributed by atoms with Gasteiger partial charge in [0, 0.05) is 29.2 Å². The summed E-state index contributed by atoms with van der Waals surface area (Å²) in [5.41, 5.74) is 5.39. The van der Waals surface area contributed by atoms with Gasteiger partial charge in [0.1, 0.15) is 10.8 Å². The molecule has 1 aliphatic rings. The van der Waals surface area contributed by atoms with Gasteiger partial charge in [0.15, 0.2) is 0 Å². The molecular weight excluding hydrogens is 331 g/mol. The van der Waals surface area contributed by atoms with Gasteiger partial charge in [-0.05, 0) is 18.2 Å². The zero-order valence-corrected chi connectivity index (χ0v) is 14.2. The Hall–Kier alpha value is -0.700. The Morgan fingerprint density at radius 3 is 2.48 bits per heavy atom. The van der Waals surface area contributed by atoms with Gasteiger partial charge in [-0.2, -0.15) is 16.1 Å². The summed E-state index contributed by atoms with van der Waals surface area (Å²) in [5, 5.41) is 0.443. The number of nitrogens with zero attached hydrogens (tertiary/aromatic N) is 1. The minimum absolute atomic E-state index is 0.0259. The summed E-state index contributed by atoms with van der Waals surface area (Å²) in [4.78, 5) is -0.126. The smallest absolute Gasteiger partial charge is 0.243 e. The van der Waals surface area contributed by atoms with Crippen molar-refractivity contribution in [2.45, 2.75) is 29.2 Å². The van der Waals surface area contributed by atoms with E-state index in [1.54, 1.807) is 11.8 Å². The van der Waals surface area contributed by atoms with Crippen molar-refractivity contribution >= 4 is 39.0 Å².